The fourth-order valence-electron chi connectivity index (χ4n) is 3.92. The molecule has 0 fully saturated rings. The largest absolute Gasteiger partial charge is 0.478 e. The smallest absolute Gasteiger partial charge is 0.406 e. The molecule has 4 aromatic rings. The van der Waals surface area contributed by atoms with E-state index in [0.29, 0.717) is 11.0 Å². The van der Waals surface area contributed by atoms with Crippen molar-refractivity contribution in [3.63, 3.8) is 0 Å². The van der Waals surface area contributed by atoms with Crippen LogP contribution in [-0.4, -0.2) is 29.5 Å². The maximum absolute atomic E-state index is 14.4. The van der Waals surface area contributed by atoms with Gasteiger partial charge in [-0.05, 0) is 57.9 Å². The minimum Gasteiger partial charge on any atom is -0.478 e. The molecular formula is C24H19BrClF3N6O3. The van der Waals surface area contributed by atoms with Crippen molar-refractivity contribution in [2.45, 2.75) is 26.5 Å². The van der Waals surface area contributed by atoms with Gasteiger partial charge in [0.15, 0.2) is 11.3 Å². The summed E-state index contributed by atoms with van der Waals surface area (Å²) in [6.45, 7) is 3.74. The minimum atomic E-state index is -2.01. The second kappa shape index (κ2) is 11.0. The summed E-state index contributed by atoms with van der Waals surface area (Å²) in [5, 5.41) is 19.8. The van der Waals surface area contributed by atoms with E-state index in [2.05, 4.69) is 31.1 Å². The Bertz CT molecular complexity index is 1570. The molecule has 0 unspecified atom stereocenters. The van der Waals surface area contributed by atoms with E-state index in [9.17, 15) is 23.3 Å². The first-order chi connectivity index (χ1) is 18.0. The molecule has 1 atom stereocenters. The molecule has 0 bridgehead atoms. The van der Waals surface area contributed by atoms with Crippen molar-refractivity contribution in [1.29, 1.82) is 0 Å². The first-order valence-electron chi connectivity index (χ1n) is 11.1. The summed E-state index contributed by atoms with van der Waals surface area (Å²) >= 11 is 9.40. The van der Waals surface area contributed by atoms with Gasteiger partial charge in [-0.3, -0.25) is 9.36 Å². The average molecular weight is 612 g/mol. The van der Waals surface area contributed by atoms with E-state index < -0.39 is 34.3 Å². The lowest BCUT2D eigenvalue weighted by Gasteiger charge is -2.18. The number of nitro groups is 1. The Hall–Kier alpha value is -3.71. The third kappa shape index (κ3) is 5.43. The SMILES string of the molecule is CCn1cc(C(=C(F)F)c2cn(C)nc2-c2ccc(F)cc2[C@@H](C)Oc2cc(Br)cnc2[N+](=O)[O-])c(Cl)n1. The number of rotatable bonds is 8. The van der Waals surface area contributed by atoms with E-state index in [1.807, 2.05) is 0 Å². The maximum atomic E-state index is 14.4. The van der Waals surface area contributed by atoms with Crippen molar-refractivity contribution >= 4 is 38.9 Å². The molecule has 0 aliphatic carbocycles. The number of hydrogen-bond acceptors (Lipinski definition) is 6. The highest BCUT2D eigenvalue weighted by atomic mass is 79.9. The topological polar surface area (TPSA) is 101 Å². The summed E-state index contributed by atoms with van der Waals surface area (Å²) in [6, 6.07) is 5.06. The first-order valence-corrected chi connectivity index (χ1v) is 12.3. The van der Waals surface area contributed by atoms with Gasteiger partial charge in [-0.25, -0.2) is 4.39 Å². The molecule has 0 aliphatic heterocycles. The maximum Gasteiger partial charge on any atom is 0.406 e. The van der Waals surface area contributed by atoms with Crippen molar-refractivity contribution in [3.05, 3.63) is 91.2 Å². The highest BCUT2D eigenvalue weighted by Gasteiger charge is 2.28. The Balaban J connectivity index is 1.86. The third-order valence-electron chi connectivity index (χ3n) is 5.58. The lowest BCUT2D eigenvalue weighted by Crippen LogP contribution is -2.08. The van der Waals surface area contributed by atoms with Gasteiger partial charge in [0.05, 0.1) is 10.0 Å². The molecule has 14 heteroatoms. The van der Waals surface area contributed by atoms with Crippen LogP contribution in [0, 0.1) is 15.9 Å². The first kappa shape index (κ1) is 27.3. The number of aromatic nitrogens is 5. The molecule has 1 aromatic carbocycles. The molecule has 0 aliphatic rings. The van der Waals surface area contributed by atoms with Crippen LogP contribution >= 0.6 is 27.5 Å². The number of ether oxygens (including phenoxy) is 1. The van der Waals surface area contributed by atoms with Gasteiger partial charge < -0.3 is 14.9 Å². The van der Waals surface area contributed by atoms with Crippen molar-refractivity contribution in [2.75, 3.05) is 0 Å². The van der Waals surface area contributed by atoms with Crippen LogP contribution < -0.4 is 4.74 Å². The fraction of sp³-hybridized carbons (Fsp3) is 0.208. The predicted molar refractivity (Wildman–Crippen MR) is 137 cm³/mol. The van der Waals surface area contributed by atoms with Crippen LogP contribution in [0.15, 0.2) is 53.4 Å². The second-order valence-corrected chi connectivity index (χ2v) is 9.39. The Morgan fingerprint density at radius 2 is 1.97 bits per heavy atom. The number of hydrogen-bond donors (Lipinski definition) is 0. The van der Waals surface area contributed by atoms with Crippen molar-refractivity contribution in [1.82, 2.24) is 24.5 Å². The van der Waals surface area contributed by atoms with E-state index in [4.69, 9.17) is 16.3 Å². The lowest BCUT2D eigenvalue weighted by atomic mass is 9.94. The van der Waals surface area contributed by atoms with Gasteiger partial charge in [0.1, 0.15) is 17.6 Å². The monoisotopic (exact) mass is 610 g/mol. The summed E-state index contributed by atoms with van der Waals surface area (Å²) in [5.74, 6) is -1.33. The Morgan fingerprint density at radius 1 is 1.24 bits per heavy atom. The van der Waals surface area contributed by atoms with Crippen LogP contribution in [-0.2, 0) is 13.6 Å². The van der Waals surface area contributed by atoms with Crippen molar-refractivity contribution in [2.24, 2.45) is 7.05 Å². The molecule has 9 nitrogen and oxygen atoms in total. The molecule has 4 rings (SSSR count). The normalized spacial score (nSPS) is 11.9. The summed E-state index contributed by atoms with van der Waals surface area (Å²) < 4.78 is 52.3. The molecular weight excluding hydrogens is 593 g/mol. The Labute approximate surface area is 227 Å². The van der Waals surface area contributed by atoms with Gasteiger partial charge in [-0.2, -0.15) is 19.0 Å². The fourth-order valence-corrected chi connectivity index (χ4v) is 4.47. The summed E-state index contributed by atoms with van der Waals surface area (Å²) in [5.41, 5.74) is 0.147. The summed E-state index contributed by atoms with van der Waals surface area (Å²) in [7, 11) is 1.55. The number of halogens is 5. The van der Waals surface area contributed by atoms with Crippen LogP contribution in [0.4, 0.5) is 19.0 Å². The van der Waals surface area contributed by atoms with Crippen LogP contribution in [0.5, 0.6) is 5.75 Å². The molecule has 0 saturated heterocycles. The molecule has 0 spiro atoms. The average Bonchev–Trinajstić information content (AvgIpc) is 3.41. The standard InChI is InChI=1S/C24H19BrClF3N6O3/c1-4-34-11-18(22(26)32-34)20(23(28)29)17-10-33(3)31-21(17)15-6-5-14(27)8-16(15)12(2)38-19-7-13(25)9-30-24(19)35(36)37/h5-12H,4H2,1-3H3/t12-/m1/s1. The highest BCUT2D eigenvalue weighted by molar-refractivity contribution is 9.10. The number of aryl methyl sites for hydroxylation is 2. The molecule has 198 valence electrons. The molecule has 3 heterocycles. The predicted octanol–water partition coefficient (Wildman–Crippen LogP) is 6.96. The molecule has 38 heavy (non-hydrogen) atoms. The van der Waals surface area contributed by atoms with Crippen LogP contribution in [0.25, 0.3) is 16.8 Å². The van der Waals surface area contributed by atoms with Crippen LogP contribution in [0.1, 0.15) is 36.6 Å². The number of benzene rings is 1. The van der Waals surface area contributed by atoms with Gasteiger partial charge in [-0.1, -0.05) is 11.6 Å². The molecule has 0 radical (unpaired) electrons. The number of pyridine rings is 1. The zero-order valence-electron chi connectivity index (χ0n) is 20.1. The quantitative estimate of drug-likeness (QED) is 0.158. The Morgan fingerprint density at radius 3 is 2.61 bits per heavy atom. The van der Waals surface area contributed by atoms with E-state index in [1.54, 1.807) is 20.9 Å². The van der Waals surface area contributed by atoms with E-state index >= 15 is 0 Å². The molecule has 3 aromatic heterocycles. The van der Waals surface area contributed by atoms with Crippen LogP contribution in [0.3, 0.4) is 0 Å². The van der Waals surface area contributed by atoms with Crippen molar-refractivity contribution < 1.29 is 22.8 Å². The van der Waals surface area contributed by atoms with E-state index in [1.165, 1.54) is 40.1 Å². The lowest BCUT2D eigenvalue weighted by molar-refractivity contribution is -0.390. The molecule has 0 saturated carbocycles. The number of nitrogens with zero attached hydrogens (tertiary/aromatic N) is 6. The van der Waals surface area contributed by atoms with Gasteiger partial charge in [0.2, 0.25) is 5.75 Å². The highest BCUT2D eigenvalue weighted by Crippen LogP contribution is 2.41. The van der Waals surface area contributed by atoms with E-state index in [0.717, 1.165) is 12.1 Å². The van der Waals surface area contributed by atoms with Crippen LogP contribution in [0.2, 0.25) is 5.15 Å². The molecule has 0 N–H and O–H groups in total. The second-order valence-electron chi connectivity index (χ2n) is 8.11. The molecule has 0 amide bonds. The zero-order valence-corrected chi connectivity index (χ0v) is 22.5. The van der Waals surface area contributed by atoms with Gasteiger partial charge in [0.25, 0.3) is 6.08 Å². The van der Waals surface area contributed by atoms with Crippen molar-refractivity contribution in [3.8, 4) is 17.0 Å². The van der Waals surface area contributed by atoms with E-state index in [-0.39, 0.29) is 38.9 Å². The Kier molecular flexibility index (Phi) is 7.88. The van der Waals surface area contributed by atoms with Gasteiger partial charge in [-0.15, -0.1) is 0 Å². The third-order valence-corrected chi connectivity index (χ3v) is 6.29. The summed E-state index contributed by atoms with van der Waals surface area (Å²) in [4.78, 5) is 14.5. The minimum absolute atomic E-state index is 0.00608. The van der Waals surface area contributed by atoms with Gasteiger partial charge in [0, 0.05) is 54.3 Å². The summed E-state index contributed by atoms with van der Waals surface area (Å²) in [6.07, 6.45) is 1.06. The zero-order chi connectivity index (χ0) is 27.7. The van der Waals surface area contributed by atoms with Gasteiger partial charge >= 0.3 is 5.82 Å².